The summed E-state index contributed by atoms with van der Waals surface area (Å²) in [6.45, 7) is 10.2. The summed E-state index contributed by atoms with van der Waals surface area (Å²) in [6, 6.07) is 0. The first-order chi connectivity index (χ1) is 4.09. The molecule has 0 aromatic rings. The molecule has 0 saturated carbocycles. The van der Waals surface area contributed by atoms with Gasteiger partial charge in [-0.2, -0.15) is 0 Å². The summed E-state index contributed by atoms with van der Waals surface area (Å²) >= 11 is 0. The molecule has 1 nitrogen and oxygen atoms in total. The van der Waals surface area contributed by atoms with Crippen molar-refractivity contribution in [2.24, 2.45) is 17.8 Å². The Bertz CT molecular complexity index is 63.7. The number of rotatable bonds is 3. The van der Waals surface area contributed by atoms with E-state index in [1.165, 1.54) is 0 Å². The van der Waals surface area contributed by atoms with Crippen molar-refractivity contribution < 1.29 is 18.1 Å². The average Bonchev–Trinajstić information content (AvgIpc) is 1.64. The van der Waals surface area contributed by atoms with Crippen molar-refractivity contribution >= 4 is 0 Å². The molecule has 10 heavy (non-hydrogen) atoms. The normalized spacial score (nSPS) is 10.8. The quantitative estimate of drug-likeness (QED) is 0.509. The van der Waals surface area contributed by atoms with Crippen molar-refractivity contribution in [3.05, 3.63) is 0 Å². The van der Waals surface area contributed by atoms with E-state index in [0.717, 1.165) is 24.3 Å². The molecule has 0 aromatic heterocycles. The Morgan fingerprint density at radius 1 is 1.00 bits per heavy atom. The summed E-state index contributed by atoms with van der Waals surface area (Å²) in [5, 5.41) is 0. The Morgan fingerprint density at radius 3 is 1.30 bits per heavy atom. The zero-order valence-electron chi connectivity index (χ0n) is 7.52. The van der Waals surface area contributed by atoms with E-state index in [4.69, 9.17) is 0 Å². The van der Waals surface area contributed by atoms with Gasteiger partial charge >= 0.3 is 0 Å². The van der Waals surface area contributed by atoms with Gasteiger partial charge in [-0.25, -0.2) is 0 Å². The van der Waals surface area contributed by atoms with E-state index in [1.54, 1.807) is 0 Å². The van der Waals surface area contributed by atoms with Crippen LogP contribution in [0.2, 0.25) is 0 Å². The van der Waals surface area contributed by atoms with E-state index in [0.29, 0.717) is 0 Å². The monoisotopic (exact) mass is 165 g/mol. The van der Waals surface area contributed by atoms with Gasteiger partial charge in [0.05, 0.1) is 6.54 Å². The van der Waals surface area contributed by atoms with Gasteiger partial charge in [-0.3, -0.25) is 0 Å². The van der Waals surface area contributed by atoms with Crippen LogP contribution in [0.1, 0.15) is 27.7 Å². The Hall–Kier alpha value is 0.250. The molecule has 0 rings (SSSR count). The maximum atomic E-state index is 3.93. The Balaban J connectivity index is 0. The fraction of sp³-hybridized carbons (Fsp3) is 1.00. The van der Waals surface area contributed by atoms with Gasteiger partial charge in [0.1, 0.15) is 0 Å². The second-order valence-electron chi connectivity index (χ2n) is 3.44. The van der Waals surface area contributed by atoms with E-state index in [2.05, 4.69) is 33.4 Å². The molecule has 3 N–H and O–H groups in total. The van der Waals surface area contributed by atoms with Gasteiger partial charge in [0.25, 0.3) is 0 Å². The SMILES string of the molecule is CC(C)C(C[NH3+])C(C)C.[Cl-]. The van der Waals surface area contributed by atoms with Crippen molar-refractivity contribution in [1.82, 2.24) is 0 Å². The van der Waals surface area contributed by atoms with E-state index in [-0.39, 0.29) is 12.4 Å². The van der Waals surface area contributed by atoms with Crippen LogP contribution in [-0.2, 0) is 0 Å². The van der Waals surface area contributed by atoms with E-state index >= 15 is 0 Å². The van der Waals surface area contributed by atoms with Crippen molar-refractivity contribution in [1.29, 1.82) is 0 Å². The van der Waals surface area contributed by atoms with Crippen LogP contribution in [0, 0.1) is 17.8 Å². The maximum Gasteiger partial charge on any atom is 0.0773 e. The van der Waals surface area contributed by atoms with Gasteiger partial charge in [0.15, 0.2) is 0 Å². The topological polar surface area (TPSA) is 27.6 Å². The zero-order chi connectivity index (χ0) is 7.44. The van der Waals surface area contributed by atoms with Crippen LogP contribution in [0.15, 0.2) is 0 Å². The largest absolute Gasteiger partial charge is 1.00 e. The molecule has 0 spiro atoms. The maximum absolute atomic E-state index is 3.93. The highest BCUT2D eigenvalue weighted by Crippen LogP contribution is 2.17. The highest BCUT2D eigenvalue weighted by Gasteiger charge is 2.16. The Kier molecular flexibility index (Phi) is 7.72. The lowest BCUT2D eigenvalue weighted by atomic mass is 9.86. The lowest BCUT2D eigenvalue weighted by Crippen LogP contribution is -3.00. The fourth-order valence-electron chi connectivity index (χ4n) is 1.44. The molecule has 0 unspecified atom stereocenters. The number of hydrogen-bond acceptors (Lipinski definition) is 0. The molecule has 0 aliphatic heterocycles. The first-order valence-corrected chi connectivity index (χ1v) is 3.88. The molecule has 0 aliphatic rings. The molecule has 0 aliphatic carbocycles. The smallest absolute Gasteiger partial charge is 0.0773 e. The lowest BCUT2D eigenvalue weighted by molar-refractivity contribution is -0.384. The summed E-state index contributed by atoms with van der Waals surface area (Å²) in [4.78, 5) is 0. The van der Waals surface area contributed by atoms with Crippen molar-refractivity contribution in [3.8, 4) is 0 Å². The van der Waals surface area contributed by atoms with Crippen LogP contribution in [0.5, 0.6) is 0 Å². The number of halogens is 1. The molecule has 2 heteroatoms. The summed E-state index contributed by atoms with van der Waals surface area (Å²) in [6.07, 6.45) is 0. The third-order valence-electron chi connectivity index (χ3n) is 2.05. The number of hydrogen-bond donors (Lipinski definition) is 1. The first kappa shape index (κ1) is 12.9. The zero-order valence-corrected chi connectivity index (χ0v) is 8.28. The van der Waals surface area contributed by atoms with E-state index in [1.807, 2.05) is 0 Å². The summed E-state index contributed by atoms with van der Waals surface area (Å²) in [7, 11) is 0. The fourth-order valence-corrected chi connectivity index (χ4v) is 1.44. The van der Waals surface area contributed by atoms with E-state index < -0.39 is 0 Å². The minimum atomic E-state index is 0. The minimum Gasteiger partial charge on any atom is -1.00 e. The van der Waals surface area contributed by atoms with Crippen LogP contribution in [0.25, 0.3) is 0 Å². The highest BCUT2D eigenvalue weighted by molar-refractivity contribution is 4.63. The average molecular weight is 166 g/mol. The Labute approximate surface area is 70.8 Å². The molecule has 0 bridgehead atoms. The van der Waals surface area contributed by atoms with Gasteiger partial charge in [-0.1, -0.05) is 27.7 Å². The third kappa shape index (κ3) is 4.13. The second-order valence-corrected chi connectivity index (χ2v) is 3.44. The van der Waals surface area contributed by atoms with Crippen molar-refractivity contribution in [3.63, 3.8) is 0 Å². The van der Waals surface area contributed by atoms with Crippen LogP contribution < -0.4 is 18.1 Å². The molecule has 0 heterocycles. The predicted molar refractivity (Wildman–Crippen MR) is 40.9 cm³/mol. The molecule has 0 radical (unpaired) electrons. The molecular weight excluding hydrogens is 146 g/mol. The molecule has 64 valence electrons. The van der Waals surface area contributed by atoms with Gasteiger partial charge in [-0.05, 0) is 11.8 Å². The second kappa shape index (κ2) is 5.99. The van der Waals surface area contributed by atoms with E-state index in [9.17, 15) is 0 Å². The van der Waals surface area contributed by atoms with Crippen LogP contribution in [-0.4, -0.2) is 6.54 Å². The van der Waals surface area contributed by atoms with Gasteiger partial charge in [0, 0.05) is 5.92 Å². The molecule has 0 aromatic carbocycles. The third-order valence-corrected chi connectivity index (χ3v) is 2.05. The standard InChI is InChI=1S/C8H19N.ClH/c1-6(2)8(5-9)7(3)4;/h6-8H,5,9H2,1-4H3;1H. The number of quaternary nitrogens is 1. The minimum absolute atomic E-state index is 0. The van der Waals surface area contributed by atoms with Crippen LogP contribution in [0.4, 0.5) is 0 Å². The molecule has 0 atom stereocenters. The lowest BCUT2D eigenvalue weighted by Gasteiger charge is -2.20. The summed E-state index contributed by atoms with van der Waals surface area (Å²) < 4.78 is 0. The molecule has 0 amide bonds. The summed E-state index contributed by atoms with van der Waals surface area (Å²) in [5.41, 5.74) is 3.93. The first-order valence-electron chi connectivity index (χ1n) is 3.88. The van der Waals surface area contributed by atoms with Crippen LogP contribution in [0.3, 0.4) is 0 Å². The predicted octanol–water partition coefficient (Wildman–Crippen LogP) is -1.84. The van der Waals surface area contributed by atoms with Crippen LogP contribution >= 0.6 is 0 Å². The summed E-state index contributed by atoms with van der Waals surface area (Å²) in [5.74, 6) is 2.40. The van der Waals surface area contributed by atoms with Gasteiger partial charge in [-0.15, -0.1) is 0 Å². The van der Waals surface area contributed by atoms with Gasteiger partial charge < -0.3 is 18.1 Å². The Morgan fingerprint density at radius 2 is 1.30 bits per heavy atom. The molecule has 0 fully saturated rings. The highest BCUT2D eigenvalue weighted by atomic mass is 35.5. The van der Waals surface area contributed by atoms with Crippen molar-refractivity contribution in [2.75, 3.05) is 6.54 Å². The van der Waals surface area contributed by atoms with Gasteiger partial charge in [0.2, 0.25) is 0 Å². The molecule has 0 saturated heterocycles. The van der Waals surface area contributed by atoms with Crippen molar-refractivity contribution in [2.45, 2.75) is 27.7 Å². The molecular formula is C8H20ClN.